The molecule has 0 fully saturated rings. The van der Waals surface area contributed by atoms with Gasteiger partial charge in [-0.2, -0.15) is 0 Å². The number of fused-ring (bicyclic) bond motifs is 2. The Morgan fingerprint density at radius 1 is 1.12 bits per heavy atom. The Labute approximate surface area is 146 Å². The second-order valence-electron chi connectivity index (χ2n) is 7.01. The highest BCUT2D eigenvalue weighted by Crippen LogP contribution is 2.29. The van der Waals surface area contributed by atoms with Gasteiger partial charge >= 0.3 is 0 Å². The molecule has 4 aromatic rings. The van der Waals surface area contributed by atoms with E-state index in [-0.39, 0.29) is 0 Å². The van der Waals surface area contributed by atoms with Crippen LogP contribution in [0.5, 0.6) is 0 Å². The van der Waals surface area contributed by atoms with E-state index in [9.17, 15) is 0 Å². The molecular formula is C20H23N5. The van der Waals surface area contributed by atoms with Gasteiger partial charge in [0.15, 0.2) is 5.65 Å². The summed E-state index contributed by atoms with van der Waals surface area (Å²) >= 11 is 0. The molecule has 0 spiro atoms. The molecule has 5 nitrogen and oxygen atoms in total. The number of rotatable bonds is 5. The Bertz CT molecular complexity index is 1030. The molecular weight excluding hydrogens is 310 g/mol. The summed E-state index contributed by atoms with van der Waals surface area (Å²) < 4.78 is 0. The summed E-state index contributed by atoms with van der Waals surface area (Å²) in [5.74, 6) is 1.54. The molecule has 0 aliphatic carbocycles. The number of aryl methyl sites for hydroxylation is 1. The summed E-state index contributed by atoms with van der Waals surface area (Å²) in [4.78, 5) is 15.6. The fourth-order valence-electron chi connectivity index (χ4n) is 3.19. The number of nitrogens with zero attached hydrogens (tertiary/aromatic N) is 2. The minimum Gasteiger partial charge on any atom is -0.354 e. The number of imidazole rings is 1. The predicted molar refractivity (Wildman–Crippen MR) is 102 cm³/mol. The van der Waals surface area contributed by atoms with Crippen molar-refractivity contribution < 1.29 is 0 Å². The van der Waals surface area contributed by atoms with Crippen molar-refractivity contribution in [1.82, 2.24) is 25.3 Å². The molecule has 0 radical (unpaired) electrons. The molecule has 3 heterocycles. The second-order valence-corrected chi connectivity index (χ2v) is 7.01. The SMILES string of the molecule is Cc1nc2nccc(-c3cc4cc(CNCC(C)C)ccc4[nH]3)c2[nH]1. The minimum absolute atomic E-state index is 0.662. The second kappa shape index (κ2) is 6.33. The van der Waals surface area contributed by atoms with Crippen LogP contribution >= 0.6 is 0 Å². The molecule has 0 unspecified atom stereocenters. The highest BCUT2D eigenvalue weighted by molar-refractivity contribution is 5.94. The average Bonchev–Trinajstić information content (AvgIpc) is 3.15. The van der Waals surface area contributed by atoms with E-state index in [1.165, 1.54) is 10.9 Å². The summed E-state index contributed by atoms with van der Waals surface area (Å²) in [6.45, 7) is 8.33. The van der Waals surface area contributed by atoms with E-state index in [0.29, 0.717) is 5.92 Å². The summed E-state index contributed by atoms with van der Waals surface area (Å²) in [6.07, 6.45) is 1.81. The normalized spacial score (nSPS) is 11.8. The van der Waals surface area contributed by atoms with Gasteiger partial charge in [-0.1, -0.05) is 19.9 Å². The maximum absolute atomic E-state index is 4.43. The number of pyridine rings is 1. The third-order valence-corrected chi connectivity index (χ3v) is 4.37. The van der Waals surface area contributed by atoms with E-state index in [0.717, 1.165) is 46.9 Å². The van der Waals surface area contributed by atoms with Crippen LogP contribution in [0.2, 0.25) is 0 Å². The third kappa shape index (κ3) is 3.15. The first kappa shape index (κ1) is 15.8. The van der Waals surface area contributed by atoms with Gasteiger partial charge in [0.2, 0.25) is 0 Å². The number of benzene rings is 1. The number of aromatic nitrogens is 4. The largest absolute Gasteiger partial charge is 0.354 e. The molecule has 25 heavy (non-hydrogen) atoms. The zero-order chi connectivity index (χ0) is 17.4. The zero-order valence-corrected chi connectivity index (χ0v) is 14.9. The van der Waals surface area contributed by atoms with Crippen LogP contribution < -0.4 is 5.32 Å². The molecule has 3 aromatic heterocycles. The maximum atomic E-state index is 4.43. The first-order valence-electron chi connectivity index (χ1n) is 8.74. The van der Waals surface area contributed by atoms with Crippen LogP contribution in [0.15, 0.2) is 36.5 Å². The van der Waals surface area contributed by atoms with Crippen LogP contribution in [-0.4, -0.2) is 26.5 Å². The minimum atomic E-state index is 0.662. The lowest BCUT2D eigenvalue weighted by molar-refractivity contribution is 0.552. The van der Waals surface area contributed by atoms with Crippen LogP contribution in [0.4, 0.5) is 0 Å². The van der Waals surface area contributed by atoms with Crippen molar-refractivity contribution in [3.63, 3.8) is 0 Å². The van der Waals surface area contributed by atoms with Gasteiger partial charge in [-0.15, -0.1) is 0 Å². The van der Waals surface area contributed by atoms with Gasteiger partial charge < -0.3 is 15.3 Å². The van der Waals surface area contributed by atoms with Crippen LogP contribution in [0.3, 0.4) is 0 Å². The van der Waals surface area contributed by atoms with E-state index in [1.807, 2.05) is 19.2 Å². The molecule has 0 saturated heterocycles. The highest BCUT2D eigenvalue weighted by atomic mass is 15.0. The molecule has 0 amide bonds. The predicted octanol–water partition coefficient (Wildman–Crippen LogP) is 4.16. The van der Waals surface area contributed by atoms with Crippen LogP contribution in [-0.2, 0) is 6.54 Å². The molecule has 0 bridgehead atoms. The number of H-pyrrole nitrogens is 2. The van der Waals surface area contributed by atoms with E-state index in [4.69, 9.17) is 0 Å². The Morgan fingerprint density at radius 3 is 2.84 bits per heavy atom. The Balaban J connectivity index is 1.68. The van der Waals surface area contributed by atoms with Crippen molar-refractivity contribution in [2.45, 2.75) is 27.3 Å². The first-order valence-corrected chi connectivity index (χ1v) is 8.74. The fourth-order valence-corrected chi connectivity index (χ4v) is 3.19. The van der Waals surface area contributed by atoms with Gasteiger partial charge in [-0.05, 0) is 49.2 Å². The molecule has 0 atom stereocenters. The summed E-state index contributed by atoms with van der Waals surface area (Å²) in [6, 6.07) is 10.8. The van der Waals surface area contributed by atoms with Crippen LogP contribution in [0.1, 0.15) is 25.2 Å². The number of hydrogen-bond acceptors (Lipinski definition) is 3. The van der Waals surface area contributed by atoms with Gasteiger partial charge in [-0.3, -0.25) is 0 Å². The van der Waals surface area contributed by atoms with Crippen LogP contribution in [0.25, 0.3) is 33.3 Å². The average molecular weight is 333 g/mol. The van der Waals surface area contributed by atoms with E-state index < -0.39 is 0 Å². The molecule has 1 aromatic carbocycles. The smallest absolute Gasteiger partial charge is 0.178 e. The van der Waals surface area contributed by atoms with Gasteiger partial charge in [0, 0.05) is 34.9 Å². The zero-order valence-electron chi connectivity index (χ0n) is 14.9. The molecule has 5 heteroatoms. The first-order chi connectivity index (χ1) is 12.1. The molecule has 0 aliphatic heterocycles. The lowest BCUT2D eigenvalue weighted by atomic mass is 10.1. The Kier molecular flexibility index (Phi) is 4.01. The molecule has 3 N–H and O–H groups in total. The van der Waals surface area contributed by atoms with Gasteiger partial charge in [0.1, 0.15) is 5.82 Å². The van der Waals surface area contributed by atoms with Crippen LogP contribution in [0, 0.1) is 12.8 Å². The van der Waals surface area contributed by atoms with Gasteiger partial charge in [0.05, 0.1) is 5.52 Å². The summed E-state index contributed by atoms with van der Waals surface area (Å²) in [7, 11) is 0. The van der Waals surface area contributed by atoms with E-state index in [2.05, 4.69) is 63.4 Å². The van der Waals surface area contributed by atoms with Gasteiger partial charge in [-0.25, -0.2) is 9.97 Å². The molecule has 128 valence electrons. The standard InChI is InChI=1S/C20H23N5/c1-12(2)10-21-11-14-4-5-17-15(8-14)9-18(25-17)16-6-7-22-20-19(16)23-13(3)24-20/h4-9,12,21,25H,10-11H2,1-3H3,(H,22,23,24). The van der Waals surface area contributed by atoms with Crippen molar-refractivity contribution >= 4 is 22.1 Å². The number of nitrogens with one attached hydrogen (secondary N) is 3. The van der Waals surface area contributed by atoms with Crippen molar-refractivity contribution in [2.24, 2.45) is 5.92 Å². The van der Waals surface area contributed by atoms with E-state index >= 15 is 0 Å². The van der Waals surface area contributed by atoms with Gasteiger partial charge in [0.25, 0.3) is 0 Å². The van der Waals surface area contributed by atoms with Crippen molar-refractivity contribution in [2.75, 3.05) is 6.54 Å². The van der Waals surface area contributed by atoms with Crippen molar-refractivity contribution in [3.8, 4) is 11.3 Å². The monoisotopic (exact) mass is 333 g/mol. The quantitative estimate of drug-likeness (QED) is 0.513. The Morgan fingerprint density at radius 2 is 2.00 bits per heavy atom. The lowest BCUT2D eigenvalue weighted by Gasteiger charge is -2.07. The molecule has 0 saturated carbocycles. The number of aromatic amines is 2. The molecule has 4 rings (SSSR count). The topological polar surface area (TPSA) is 69.4 Å². The maximum Gasteiger partial charge on any atom is 0.178 e. The third-order valence-electron chi connectivity index (χ3n) is 4.37. The van der Waals surface area contributed by atoms with Crippen molar-refractivity contribution in [3.05, 3.63) is 47.9 Å². The fraction of sp³-hybridized carbons (Fsp3) is 0.300. The number of hydrogen-bond donors (Lipinski definition) is 3. The molecule has 0 aliphatic rings. The Hall–Kier alpha value is -2.66. The highest BCUT2D eigenvalue weighted by Gasteiger charge is 2.11. The summed E-state index contributed by atoms with van der Waals surface area (Å²) in [5.41, 5.74) is 6.36. The summed E-state index contributed by atoms with van der Waals surface area (Å²) in [5, 5.41) is 4.72. The van der Waals surface area contributed by atoms with E-state index in [1.54, 1.807) is 0 Å². The van der Waals surface area contributed by atoms with Crippen molar-refractivity contribution in [1.29, 1.82) is 0 Å². The lowest BCUT2D eigenvalue weighted by Crippen LogP contribution is -2.18.